The molecule has 58 heavy (non-hydrogen) atoms. The number of amidine groups is 2. The first-order valence-corrected chi connectivity index (χ1v) is 20.7. The minimum absolute atomic E-state index is 0.0431. The zero-order valence-electron chi connectivity index (χ0n) is 32.3. The number of aliphatic imine (C=N–C) groups is 2. The van der Waals surface area contributed by atoms with E-state index >= 15 is 0 Å². The molecule has 2 aliphatic rings. The van der Waals surface area contributed by atoms with E-state index in [9.17, 15) is 0 Å². The van der Waals surface area contributed by atoms with Crippen molar-refractivity contribution in [2.24, 2.45) is 9.98 Å². The molecular formula is C54H39N3S. The molecule has 0 bridgehead atoms. The smallest absolute Gasteiger partial charge is 0.159 e. The highest BCUT2D eigenvalue weighted by Crippen LogP contribution is 2.49. The Kier molecular flexibility index (Phi) is 8.09. The van der Waals surface area contributed by atoms with Crippen molar-refractivity contribution < 1.29 is 0 Å². The van der Waals surface area contributed by atoms with Gasteiger partial charge in [-0.25, -0.2) is 9.98 Å². The summed E-state index contributed by atoms with van der Waals surface area (Å²) in [4.78, 5) is 10.5. The fourth-order valence-electron chi connectivity index (χ4n) is 8.90. The fraction of sp³-hybridized carbons (Fsp3) is 0.0741. The first kappa shape index (κ1) is 34.4. The number of nitrogens with zero attached hydrogens (tertiary/aromatic N) is 2. The number of hydrogen-bond donors (Lipinski definition) is 1. The normalized spacial score (nSPS) is 15.4. The Hall–Kier alpha value is -6.88. The van der Waals surface area contributed by atoms with Crippen LogP contribution < -0.4 is 5.32 Å². The Morgan fingerprint density at radius 3 is 1.79 bits per heavy atom. The Bertz CT molecular complexity index is 3080. The van der Waals surface area contributed by atoms with Crippen LogP contribution in [0.2, 0.25) is 0 Å². The van der Waals surface area contributed by atoms with E-state index in [1.54, 1.807) is 0 Å². The Morgan fingerprint density at radius 1 is 0.466 bits per heavy atom. The summed E-state index contributed by atoms with van der Waals surface area (Å²) in [6.07, 6.45) is -0.316. The Balaban J connectivity index is 0.954. The lowest BCUT2D eigenvalue weighted by Crippen LogP contribution is -2.33. The number of nitrogens with one attached hydrogen (secondary N) is 1. The molecule has 276 valence electrons. The zero-order chi connectivity index (χ0) is 38.8. The van der Waals surface area contributed by atoms with Crippen LogP contribution in [0.25, 0.3) is 64.7 Å². The molecule has 9 aromatic rings. The van der Waals surface area contributed by atoms with Gasteiger partial charge < -0.3 is 5.32 Å². The molecule has 3 nitrogen and oxygen atoms in total. The zero-order valence-corrected chi connectivity index (χ0v) is 33.1. The summed E-state index contributed by atoms with van der Waals surface area (Å²) in [6, 6.07) is 67.9. The second-order valence-corrected chi connectivity index (χ2v) is 16.9. The van der Waals surface area contributed by atoms with Gasteiger partial charge in [-0.1, -0.05) is 178 Å². The van der Waals surface area contributed by atoms with Gasteiger partial charge in [0.25, 0.3) is 0 Å². The van der Waals surface area contributed by atoms with Crippen molar-refractivity contribution in [3.05, 3.63) is 216 Å². The van der Waals surface area contributed by atoms with Crippen molar-refractivity contribution in [1.82, 2.24) is 5.32 Å². The number of thiophene rings is 1. The highest BCUT2D eigenvalue weighted by atomic mass is 32.1. The molecule has 1 N–H and O–H groups in total. The van der Waals surface area contributed by atoms with E-state index in [0.717, 1.165) is 28.4 Å². The standard InChI is InChI=1S/C54H39N3S/c1-54(2)46-18-10-9-16-42(46)43-30-28-41(33-47(43)54)37-24-26-39(27-25-37)52-55-51(38-14-7-4-8-15-38)56-53(57-52)44-17-11-19-49-50(44)45-32-40(29-31-48(45)58-49)36-22-20-35(21-23-36)34-12-5-3-6-13-34/h3-33,52H,1-2H3,(H,55,56,57). The van der Waals surface area contributed by atoms with Crippen molar-refractivity contribution in [2.75, 3.05) is 0 Å². The van der Waals surface area contributed by atoms with Crippen LogP contribution in [0.4, 0.5) is 0 Å². The van der Waals surface area contributed by atoms with Crippen molar-refractivity contribution in [1.29, 1.82) is 0 Å². The van der Waals surface area contributed by atoms with Gasteiger partial charge in [-0.3, -0.25) is 0 Å². The van der Waals surface area contributed by atoms with Gasteiger partial charge in [-0.15, -0.1) is 11.3 Å². The molecule has 0 saturated heterocycles. The maximum atomic E-state index is 5.24. The molecule has 0 amide bonds. The Morgan fingerprint density at radius 2 is 1.03 bits per heavy atom. The third-order valence-electron chi connectivity index (χ3n) is 12.0. The maximum absolute atomic E-state index is 5.24. The molecule has 2 heterocycles. The summed E-state index contributed by atoms with van der Waals surface area (Å²) < 4.78 is 2.49. The van der Waals surface area contributed by atoms with Crippen molar-refractivity contribution in [3.8, 4) is 44.5 Å². The lowest BCUT2D eigenvalue weighted by atomic mass is 9.81. The molecule has 1 unspecified atom stereocenters. The molecule has 1 aliphatic carbocycles. The van der Waals surface area contributed by atoms with E-state index in [-0.39, 0.29) is 11.6 Å². The predicted octanol–water partition coefficient (Wildman–Crippen LogP) is 13.9. The van der Waals surface area contributed by atoms with E-state index in [1.165, 1.54) is 75.8 Å². The molecule has 11 rings (SSSR count). The third-order valence-corrected chi connectivity index (χ3v) is 13.1. The second-order valence-electron chi connectivity index (χ2n) is 15.8. The van der Waals surface area contributed by atoms with Gasteiger partial charge in [-0.2, -0.15) is 0 Å². The summed E-state index contributed by atoms with van der Waals surface area (Å²) >= 11 is 1.83. The van der Waals surface area contributed by atoms with Crippen LogP contribution >= 0.6 is 11.3 Å². The van der Waals surface area contributed by atoms with Gasteiger partial charge in [0, 0.05) is 36.7 Å². The van der Waals surface area contributed by atoms with E-state index in [1.807, 2.05) is 17.4 Å². The van der Waals surface area contributed by atoms with E-state index in [0.29, 0.717) is 0 Å². The lowest BCUT2D eigenvalue weighted by Gasteiger charge is -2.24. The SMILES string of the molecule is CC1(C)c2ccccc2-c2ccc(-c3ccc(C4N=C(c5ccccc5)N=C(c5cccc6sc7ccc(-c8ccc(-c9ccccc9)cc8)cc7c56)N4)cc3)cc21. The first-order chi connectivity index (χ1) is 28.5. The number of fused-ring (bicyclic) bond motifs is 6. The molecule has 4 heteroatoms. The van der Waals surface area contributed by atoms with Gasteiger partial charge in [0.15, 0.2) is 5.84 Å². The monoisotopic (exact) mass is 761 g/mol. The van der Waals surface area contributed by atoms with Crippen LogP contribution in [-0.2, 0) is 5.41 Å². The van der Waals surface area contributed by atoms with Crippen LogP contribution in [0.5, 0.6) is 0 Å². The second kappa shape index (κ2) is 13.7. The summed E-state index contributed by atoms with van der Waals surface area (Å²) in [6.45, 7) is 4.67. The van der Waals surface area contributed by atoms with E-state index in [2.05, 4.69) is 201 Å². The number of benzene rings is 8. The first-order valence-electron chi connectivity index (χ1n) is 19.9. The average molecular weight is 762 g/mol. The van der Waals surface area contributed by atoms with Crippen molar-refractivity contribution in [3.63, 3.8) is 0 Å². The van der Waals surface area contributed by atoms with Crippen LogP contribution in [0.15, 0.2) is 198 Å². The molecule has 0 radical (unpaired) electrons. The third kappa shape index (κ3) is 5.79. The van der Waals surface area contributed by atoms with Crippen LogP contribution in [-0.4, -0.2) is 11.7 Å². The van der Waals surface area contributed by atoms with Gasteiger partial charge >= 0.3 is 0 Å². The number of hydrogen-bond acceptors (Lipinski definition) is 4. The topological polar surface area (TPSA) is 36.8 Å². The van der Waals surface area contributed by atoms with Crippen molar-refractivity contribution in [2.45, 2.75) is 25.4 Å². The van der Waals surface area contributed by atoms with Gasteiger partial charge in [-0.05, 0) is 85.5 Å². The highest BCUT2D eigenvalue weighted by molar-refractivity contribution is 7.25. The molecule has 1 aromatic heterocycles. The molecule has 0 spiro atoms. The molecule has 1 aliphatic heterocycles. The lowest BCUT2D eigenvalue weighted by molar-refractivity contribution is 0.660. The predicted molar refractivity (Wildman–Crippen MR) is 245 cm³/mol. The quantitative estimate of drug-likeness (QED) is 0.180. The molecule has 8 aromatic carbocycles. The Labute approximate surface area is 342 Å². The van der Waals surface area contributed by atoms with Crippen LogP contribution in [0, 0.1) is 0 Å². The van der Waals surface area contributed by atoms with Gasteiger partial charge in [0.2, 0.25) is 0 Å². The largest absolute Gasteiger partial charge is 0.344 e. The molecular weight excluding hydrogens is 723 g/mol. The highest BCUT2D eigenvalue weighted by Gasteiger charge is 2.35. The fourth-order valence-corrected chi connectivity index (χ4v) is 10.0. The molecule has 0 fully saturated rings. The minimum atomic E-state index is -0.316. The van der Waals surface area contributed by atoms with Crippen LogP contribution in [0.1, 0.15) is 47.8 Å². The van der Waals surface area contributed by atoms with E-state index in [4.69, 9.17) is 9.98 Å². The minimum Gasteiger partial charge on any atom is -0.344 e. The summed E-state index contributed by atoms with van der Waals surface area (Å²) in [7, 11) is 0. The summed E-state index contributed by atoms with van der Waals surface area (Å²) in [5.74, 6) is 1.55. The summed E-state index contributed by atoms with van der Waals surface area (Å²) in [5.41, 5.74) is 15.8. The van der Waals surface area contributed by atoms with Gasteiger partial charge in [0.1, 0.15) is 12.0 Å². The maximum Gasteiger partial charge on any atom is 0.159 e. The molecule has 1 atom stereocenters. The average Bonchev–Trinajstić information content (AvgIpc) is 3.78. The number of rotatable bonds is 6. The van der Waals surface area contributed by atoms with Gasteiger partial charge in [0.05, 0.1) is 0 Å². The summed E-state index contributed by atoms with van der Waals surface area (Å²) in [5, 5.41) is 6.22. The van der Waals surface area contributed by atoms with Crippen LogP contribution in [0.3, 0.4) is 0 Å². The van der Waals surface area contributed by atoms with E-state index < -0.39 is 0 Å². The molecule has 0 saturated carbocycles. The van der Waals surface area contributed by atoms with Crippen molar-refractivity contribution >= 4 is 43.2 Å².